The van der Waals surface area contributed by atoms with Crippen molar-refractivity contribution in [3.63, 3.8) is 0 Å². The van der Waals surface area contributed by atoms with Crippen LogP contribution in [0.15, 0.2) is 53.9 Å². The minimum absolute atomic E-state index is 0.135. The Labute approximate surface area is 175 Å². The number of thiazole rings is 1. The molecule has 0 radical (unpaired) electrons. The summed E-state index contributed by atoms with van der Waals surface area (Å²) in [6, 6.07) is 15.3. The summed E-state index contributed by atoms with van der Waals surface area (Å²) in [6.45, 7) is 2.33. The van der Waals surface area contributed by atoms with Crippen molar-refractivity contribution in [2.24, 2.45) is 0 Å². The highest BCUT2D eigenvalue weighted by atomic mass is 32.2. The minimum Gasteiger partial charge on any atom is -0.347 e. The van der Waals surface area contributed by atoms with Crippen LogP contribution in [0.4, 0.5) is 0 Å². The van der Waals surface area contributed by atoms with Gasteiger partial charge < -0.3 is 5.32 Å². The predicted molar refractivity (Wildman–Crippen MR) is 116 cm³/mol. The third-order valence-corrected chi connectivity index (χ3v) is 6.76. The number of carbonyl (C=O) groups is 1. The Morgan fingerprint density at radius 3 is 2.41 bits per heavy atom. The van der Waals surface area contributed by atoms with Crippen molar-refractivity contribution in [2.45, 2.75) is 25.6 Å². The van der Waals surface area contributed by atoms with E-state index in [0.717, 1.165) is 22.6 Å². The summed E-state index contributed by atoms with van der Waals surface area (Å²) in [5, 5.41) is 5.35. The number of aryl methyl sites for hydroxylation is 1. The summed E-state index contributed by atoms with van der Waals surface area (Å²) in [7, 11) is -2.01. The number of rotatable bonds is 8. The minimum atomic E-state index is -3.39. The van der Waals surface area contributed by atoms with Gasteiger partial charge in [-0.05, 0) is 30.2 Å². The quantitative estimate of drug-likeness (QED) is 0.575. The van der Waals surface area contributed by atoms with Gasteiger partial charge in [0.05, 0.1) is 5.75 Å². The van der Waals surface area contributed by atoms with Crippen molar-refractivity contribution in [3.05, 3.63) is 76.3 Å². The molecule has 2 aromatic carbocycles. The molecule has 2 N–H and O–H groups in total. The van der Waals surface area contributed by atoms with Gasteiger partial charge in [0.15, 0.2) is 0 Å². The van der Waals surface area contributed by atoms with Crippen molar-refractivity contribution < 1.29 is 13.2 Å². The topological polar surface area (TPSA) is 88.2 Å². The zero-order chi connectivity index (χ0) is 20.9. The van der Waals surface area contributed by atoms with Crippen LogP contribution in [-0.4, -0.2) is 26.4 Å². The van der Waals surface area contributed by atoms with E-state index >= 15 is 0 Å². The number of sulfonamides is 1. The molecule has 1 amide bonds. The molecule has 0 spiro atoms. The van der Waals surface area contributed by atoms with Gasteiger partial charge in [-0.25, -0.2) is 18.1 Å². The summed E-state index contributed by atoms with van der Waals surface area (Å²) < 4.78 is 26.0. The van der Waals surface area contributed by atoms with Gasteiger partial charge >= 0.3 is 0 Å². The first-order valence-corrected chi connectivity index (χ1v) is 11.8. The number of hydrogen-bond donors (Lipinski definition) is 2. The largest absolute Gasteiger partial charge is 0.347 e. The fraction of sp³-hybridized carbons (Fsp3) is 0.238. The van der Waals surface area contributed by atoms with Gasteiger partial charge in [-0.2, -0.15) is 0 Å². The van der Waals surface area contributed by atoms with Crippen molar-refractivity contribution >= 4 is 27.3 Å². The second-order valence-electron chi connectivity index (χ2n) is 6.50. The number of hydrogen-bond acceptors (Lipinski definition) is 5. The van der Waals surface area contributed by atoms with Crippen LogP contribution in [0, 0.1) is 0 Å². The fourth-order valence-corrected chi connectivity index (χ4v) is 4.45. The molecule has 0 aliphatic heterocycles. The lowest BCUT2D eigenvalue weighted by Gasteiger charge is -2.10. The Morgan fingerprint density at radius 2 is 1.76 bits per heavy atom. The molecule has 0 fully saturated rings. The highest BCUT2D eigenvalue weighted by Gasteiger charge is 2.15. The van der Waals surface area contributed by atoms with Gasteiger partial charge in [-0.1, -0.05) is 55.5 Å². The van der Waals surface area contributed by atoms with Crippen molar-refractivity contribution in [2.75, 3.05) is 7.05 Å². The normalized spacial score (nSPS) is 11.4. The molecule has 0 saturated heterocycles. The van der Waals surface area contributed by atoms with Crippen LogP contribution in [-0.2, 0) is 28.7 Å². The Morgan fingerprint density at radius 1 is 1.07 bits per heavy atom. The molecular formula is C21H23N3O3S2. The maximum Gasteiger partial charge on any atom is 0.271 e. The Kier molecular flexibility index (Phi) is 6.79. The molecule has 3 aromatic rings. The van der Waals surface area contributed by atoms with Gasteiger partial charge in [0.2, 0.25) is 10.0 Å². The van der Waals surface area contributed by atoms with E-state index < -0.39 is 10.0 Å². The second kappa shape index (κ2) is 9.30. The molecule has 0 aliphatic rings. The zero-order valence-electron chi connectivity index (χ0n) is 16.3. The van der Waals surface area contributed by atoms with E-state index in [-0.39, 0.29) is 18.2 Å². The lowest BCUT2D eigenvalue weighted by atomic mass is 10.1. The molecule has 0 bridgehead atoms. The molecule has 1 aromatic heterocycles. The third kappa shape index (κ3) is 5.50. The summed E-state index contributed by atoms with van der Waals surface area (Å²) in [4.78, 5) is 17.0. The smallest absolute Gasteiger partial charge is 0.271 e. The fourth-order valence-electron chi connectivity index (χ4n) is 2.81. The average Bonchev–Trinajstić information content (AvgIpc) is 3.23. The van der Waals surface area contributed by atoms with Crippen molar-refractivity contribution in [3.8, 4) is 10.6 Å². The first kappa shape index (κ1) is 21.2. The van der Waals surface area contributed by atoms with Crippen LogP contribution in [0.5, 0.6) is 0 Å². The second-order valence-corrected chi connectivity index (χ2v) is 9.29. The van der Waals surface area contributed by atoms with Gasteiger partial charge in [0.1, 0.15) is 10.7 Å². The molecular weight excluding hydrogens is 406 g/mol. The Balaban J connectivity index is 1.68. The van der Waals surface area contributed by atoms with E-state index in [4.69, 9.17) is 0 Å². The Hall–Kier alpha value is -2.55. The van der Waals surface area contributed by atoms with Gasteiger partial charge in [0, 0.05) is 17.5 Å². The number of benzene rings is 2. The third-order valence-electron chi connectivity index (χ3n) is 4.56. The van der Waals surface area contributed by atoms with E-state index in [1.165, 1.54) is 23.9 Å². The van der Waals surface area contributed by atoms with Crippen LogP contribution < -0.4 is 10.0 Å². The molecule has 0 unspecified atom stereocenters. The molecule has 0 saturated carbocycles. The maximum absolute atomic E-state index is 12.5. The van der Waals surface area contributed by atoms with Gasteiger partial charge in [0.25, 0.3) is 5.91 Å². The van der Waals surface area contributed by atoms with E-state index in [2.05, 4.69) is 34.1 Å². The van der Waals surface area contributed by atoms with Crippen LogP contribution in [0.3, 0.4) is 0 Å². The summed E-state index contributed by atoms with van der Waals surface area (Å²) in [5.41, 5.74) is 3.99. The summed E-state index contributed by atoms with van der Waals surface area (Å²) in [6.07, 6.45) is 0.975. The van der Waals surface area contributed by atoms with Crippen LogP contribution >= 0.6 is 11.3 Å². The monoisotopic (exact) mass is 429 g/mol. The SMILES string of the molecule is CCc1ccc(-c2nc(C(=O)NCc3ccccc3CS(=O)(=O)NC)cs2)cc1. The molecule has 1 heterocycles. The number of aromatic nitrogens is 1. The summed E-state index contributed by atoms with van der Waals surface area (Å²) >= 11 is 1.42. The van der Waals surface area contributed by atoms with E-state index in [9.17, 15) is 13.2 Å². The molecule has 8 heteroatoms. The molecule has 152 valence electrons. The van der Waals surface area contributed by atoms with Crippen LogP contribution in [0.2, 0.25) is 0 Å². The lowest BCUT2D eigenvalue weighted by Crippen LogP contribution is -2.25. The predicted octanol–water partition coefficient (Wildman–Crippen LogP) is 3.35. The standard InChI is InChI=1S/C21H23N3O3S2/c1-3-15-8-10-16(11-9-15)21-24-19(13-28-21)20(25)23-12-17-6-4-5-7-18(17)14-29(26,27)22-2/h4-11,13,22H,3,12,14H2,1-2H3,(H,23,25). The number of amides is 1. The molecule has 0 atom stereocenters. The Bertz CT molecular complexity index is 1090. The van der Waals surface area contributed by atoms with E-state index in [1.54, 1.807) is 17.5 Å². The molecule has 0 aliphatic carbocycles. The average molecular weight is 430 g/mol. The maximum atomic E-state index is 12.5. The van der Waals surface area contributed by atoms with E-state index in [1.807, 2.05) is 24.3 Å². The van der Waals surface area contributed by atoms with Crippen LogP contribution in [0.25, 0.3) is 10.6 Å². The van der Waals surface area contributed by atoms with E-state index in [0.29, 0.717) is 11.3 Å². The molecule has 6 nitrogen and oxygen atoms in total. The van der Waals surface area contributed by atoms with Crippen molar-refractivity contribution in [1.29, 1.82) is 0 Å². The zero-order valence-corrected chi connectivity index (χ0v) is 17.9. The highest BCUT2D eigenvalue weighted by molar-refractivity contribution is 7.88. The number of nitrogens with one attached hydrogen (secondary N) is 2. The first-order chi connectivity index (χ1) is 13.9. The van der Waals surface area contributed by atoms with Gasteiger partial charge in [-0.3, -0.25) is 4.79 Å². The van der Waals surface area contributed by atoms with Crippen molar-refractivity contribution in [1.82, 2.24) is 15.0 Å². The lowest BCUT2D eigenvalue weighted by molar-refractivity contribution is 0.0946. The summed E-state index contributed by atoms with van der Waals surface area (Å²) in [5.74, 6) is -0.423. The number of carbonyl (C=O) groups excluding carboxylic acids is 1. The van der Waals surface area contributed by atoms with Gasteiger partial charge in [-0.15, -0.1) is 11.3 Å². The van der Waals surface area contributed by atoms with Crippen LogP contribution in [0.1, 0.15) is 34.1 Å². The molecule has 29 heavy (non-hydrogen) atoms. The first-order valence-electron chi connectivity index (χ1n) is 9.23. The number of nitrogens with zero attached hydrogens (tertiary/aromatic N) is 1. The molecule has 3 rings (SSSR count). The highest BCUT2D eigenvalue weighted by Crippen LogP contribution is 2.24.